The van der Waals surface area contributed by atoms with E-state index in [2.05, 4.69) is 4.98 Å². The van der Waals surface area contributed by atoms with Gasteiger partial charge < -0.3 is 4.98 Å². The zero-order valence-corrected chi connectivity index (χ0v) is 11.2. The first kappa shape index (κ1) is 13.8. The van der Waals surface area contributed by atoms with Crippen molar-refractivity contribution in [2.24, 2.45) is 0 Å². The zero-order valence-electron chi connectivity index (χ0n) is 10.4. The summed E-state index contributed by atoms with van der Waals surface area (Å²) in [5.41, 5.74) is 2.45. The second-order valence-corrected chi connectivity index (χ2v) is 4.88. The Hall–Kier alpha value is -1.62. The molecule has 0 spiro atoms. The van der Waals surface area contributed by atoms with Crippen LogP contribution in [0.2, 0.25) is 0 Å². The van der Waals surface area contributed by atoms with Gasteiger partial charge in [0.2, 0.25) is 0 Å². The molecular formula is C14H12F3NS. The number of alkyl halides is 3. The van der Waals surface area contributed by atoms with Crippen LogP contribution in [0.25, 0.3) is 11.3 Å². The van der Waals surface area contributed by atoms with E-state index in [1.165, 1.54) is 0 Å². The summed E-state index contributed by atoms with van der Waals surface area (Å²) < 4.78 is 38.3. The van der Waals surface area contributed by atoms with Crippen molar-refractivity contribution >= 4 is 12.2 Å². The molecule has 0 saturated carbocycles. The average molecular weight is 283 g/mol. The minimum atomic E-state index is -4.39. The van der Waals surface area contributed by atoms with Gasteiger partial charge in [0.25, 0.3) is 0 Å². The fraction of sp³-hybridized carbons (Fsp3) is 0.214. The molecule has 5 heteroatoms. The maximum absolute atomic E-state index is 12.7. The normalized spacial score (nSPS) is 11.6. The van der Waals surface area contributed by atoms with Crippen molar-refractivity contribution in [2.45, 2.75) is 20.0 Å². The largest absolute Gasteiger partial charge is 0.416 e. The minimum absolute atomic E-state index is 0.0723. The lowest BCUT2D eigenvalue weighted by atomic mass is 10.0. The summed E-state index contributed by atoms with van der Waals surface area (Å²) in [4.78, 5) is 2.80. The number of rotatable bonds is 1. The minimum Gasteiger partial charge on any atom is -0.346 e. The topological polar surface area (TPSA) is 15.8 Å². The van der Waals surface area contributed by atoms with Crippen molar-refractivity contribution in [3.63, 3.8) is 0 Å². The van der Waals surface area contributed by atoms with Crippen LogP contribution in [-0.2, 0) is 6.18 Å². The lowest BCUT2D eigenvalue weighted by Gasteiger charge is -2.10. The Morgan fingerprint density at radius 1 is 1.00 bits per heavy atom. The highest BCUT2D eigenvalue weighted by molar-refractivity contribution is 7.71. The third-order valence-electron chi connectivity index (χ3n) is 2.99. The number of hydrogen-bond acceptors (Lipinski definition) is 1. The number of hydrogen-bond donors (Lipinski definition) is 1. The van der Waals surface area contributed by atoms with Crippen molar-refractivity contribution in [3.8, 4) is 11.3 Å². The van der Waals surface area contributed by atoms with Crippen molar-refractivity contribution < 1.29 is 13.2 Å². The van der Waals surface area contributed by atoms with E-state index < -0.39 is 11.7 Å². The number of nitrogens with one attached hydrogen (secondary N) is 1. The molecule has 0 amide bonds. The Morgan fingerprint density at radius 3 is 2.26 bits per heavy atom. The number of H-pyrrole nitrogens is 1. The summed E-state index contributed by atoms with van der Waals surface area (Å²) in [5.74, 6) is 0. The van der Waals surface area contributed by atoms with Crippen LogP contribution in [0.4, 0.5) is 13.2 Å². The van der Waals surface area contributed by atoms with Gasteiger partial charge in [-0.05, 0) is 48.7 Å². The molecule has 0 atom stereocenters. The van der Waals surface area contributed by atoms with Gasteiger partial charge in [0.1, 0.15) is 4.64 Å². The van der Waals surface area contributed by atoms with E-state index in [1.54, 1.807) is 6.07 Å². The molecule has 2 aromatic rings. The molecule has 1 N–H and O–H groups in total. The molecule has 0 radical (unpaired) electrons. The van der Waals surface area contributed by atoms with Crippen molar-refractivity contribution in [1.82, 2.24) is 4.98 Å². The molecule has 0 unspecified atom stereocenters. The third-order valence-corrected chi connectivity index (χ3v) is 3.21. The molecule has 2 rings (SSSR count). The van der Waals surface area contributed by atoms with Gasteiger partial charge in [-0.1, -0.05) is 24.4 Å². The Kier molecular flexibility index (Phi) is 3.49. The Balaban J connectivity index is 2.59. The third kappa shape index (κ3) is 3.04. The van der Waals surface area contributed by atoms with E-state index >= 15 is 0 Å². The molecule has 0 saturated heterocycles. The Labute approximate surface area is 114 Å². The molecule has 0 aliphatic carbocycles. The first-order valence-corrected chi connectivity index (χ1v) is 6.07. The smallest absolute Gasteiger partial charge is 0.346 e. The summed E-state index contributed by atoms with van der Waals surface area (Å²) >= 11 is 4.86. The number of pyridine rings is 1. The maximum atomic E-state index is 12.7. The van der Waals surface area contributed by atoms with Crippen LogP contribution in [0.3, 0.4) is 0 Å². The monoisotopic (exact) mass is 283 g/mol. The number of aromatic amines is 1. The van der Waals surface area contributed by atoms with Crippen LogP contribution < -0.4 is 0 Å². The van der Waals surface area contributed by atoms with E-state index in [1.807, 2.05) is 26.0 Å². The molecule has 1 aromatic carbocycles. The van der Waals surface area contributed by atoms with Crippen molar-refractivity contribution in [2.75, 3.05) is 0 Å². The molecule has 100 valence electrons. The number of aromatic nitrogens is 1. The predicted molar refractivity (Wildman–Crippen MR) is 71.5 cm³/mol. The van der Waals surface area contributed by atoms with Crippen LogP contribution in [0.1, 0.15) is 16.7 Å². The lowest BCUT2D eigenvalue weighted by molar-refractivity contribution is -0.137. The number of benzene rings is 1. The van der Waals surface area contributed by atoms with E-state index in [4.69, 9.17) is 12.2 Å². The first-order chi connectivity index (χ1) is 8.77. The molecule has 19 heavy (non-hydrogen) atoms. The van der Waals surface area contributed by atoms with Crippen molar-refractivity contribution in [1.29, 1.82) is 0 Å². The molecule has 0 aliphatic heterocycles. The Morgan fingerprint density at radius 2 is 1.68 bits per heavy atom. The van der Waals surface area contributed by atoms with Gasteiger partial charge in [-0.3, -0.25) is 0 Å². The van der Waals surface area contributed by atoms with Crippen LogP contribution >= 0.6 is 12.2 Å². The molecule has 1 nitrogen and oxygen atoms in total. The summed E-state index contributed by atoms with van der Waals surface area (Å²) in [6, 6.07) is 7.51. The highest BCUT2D eigenvalue weighted by Gasteiger charge is 2.31. The fourth-order valence-corrected chi connectivity index (χ4v) is 2.01. The van der Waals surface area contributed by atoms with E-state index in [0.717, 1.165) is 23.3 Å². The summed E-state index contributed by atoms with van der Waals surface area (Å²) in [7, 11) is 0. The van der Waals surface area contributed by atoms with Crippen LogP contribution in [0.5, 0.6) is 0 Å². The lowest BCUT2D eigenvalue weighted by Crippen LogP contribution is -2.05. The summed E-state index contributed by atoms with van der Waals surface area (Å²) in [6.07, 6.45) is -4.39. The molecule has 0 fully saturated rings. The van der Waals surface area contributed by atoms with Crippen LogP contribution in [-0.4, -0.2) is 4.98 Å². The van der Waals surface area contributed by atoms with Gasteiger partial charge in [-0.25, -0.2) is 0 Å². The predicted octanol–water partition coefficient (Wildman–Crippen LogP) is 5.05. The molecule has 0 aliphatic rings. The summed E-state index contributed by atoms with van der Waals surface area (Å²) in [5, 5.41) is 0. The second kappa shape index (κ2) is 4.81. The highest BCUT2D eigenvalue weighted by Crippen LogP contribution is 2.31. The first-order valence-electron chi connectivity index (χ1n) is 5.66. The molecule has 1 heterocycles. The van der Waals surface area contributed by atoms with Gasteiger partial charge in [0.15, 0.2) is 0 Å². The SMILES string of the molecule is Cc1ccc(-c2cc(C(F)(F)F)cc(=S)[nH]2)cc1C. The fourth-order valence-electron chi connectivity index (χ4n) is 1.77. The van der Waals surface area contributed by atoms with Gasteiger partial charge in [-0.2, -0.15) is 13.2 Å². The Bertz CT molecular complexity index is 671. The van der Waals surface area contributed by atoms with Gasteiger partial charge in [0, 0.05) is 5.69 Å². The number of aryl methyl sites for hydroxylation is 2. The van der Waals surface area contributed by atoms with Crippen LogP contribution in [0, 0.1) is 18.5 Å². The second-order valence-electron chi connectivity index (χ2n) is 4.44. The quantitative estimate of drug-likeness (QED) is 0.724. The summed E-state index contributed by atoms with van der Waals surface area (Å²) in [6.45, 7) is 3.87. The zero-order chi connectivity index (χ0) is 14.2. The maximum Gasteiger partial charge on any atom is 0.416 e. The molecule has 1 aromatic heterocycles. The van der Waals surface area contributed by atoms with E-state index in [0.29, 0.717) is 11.3 Å². The van der Waals surface area contributed by atoms with E-state index in [9.17, 15) is 13.2 Å². The molecule has 0 bridgehead atoms. The highest BCUT2D eigenvalue weighted by atomic mass is 32.1. The van der Waals surface area contributed by atoms with E-state index in [-0.39, 0.29) is 4.64 Å². The van der Waals surface area contributed by atoms with Gasteiger partial charge >= 0.3 is 6.18 Å². The number of halogens is 3. The van der Waals surface area contributed by atoms with Gasteiger partial charge in [0.05, 0.1) is 5.56 Å². The van der Waals surface area contributed by atoms with Crippen LogP contribution in [0.15, 0.2) is 30.3 Å². The molecular weight excluding hydrogens is 271 g/mol. The standard InChI is InChI=1S/C14H12F3NS/c1-8-3-4-10(5-9(8)2)12-6-11(14(15,16)17)7-13(19)18-12/h3-7H,1-2H3,(H,18,19). The average Bonchev–Trinajstić information content (AvgIpc) is 2.31. The van der Waals surface area contributed by atoms with Crippen molar-refractivity contribution in [3.05, 3.63) is 51.7 Å². The van der Waals surface area contributed by atoms with Gasteiger partial charge in [-0.15, -0.1) is 0 Å².